The van der Waals surface area contributed by atoms with Crippen LogP contribution in [-0.2, 0) is 14.3 Å². The second kappa shape index (κ2) is 6.40. The van der Waals surface area contributed by atoms with Gasteiger partial charge in [-0.1, -0.05) is 0 Å². The first-order chi connectivity index (χ1) is 10.7. The molecule has 0 saturated carbocycles. The summed E-state index contributed by atoms with van der Waals surface area (Å²) in [5.74, 6) is -1.16. The van der Waals surface area contributed by atoms with Crippen LogP contribution in [0.15, 0.2) is 35.5 Å². The minimum atomic E-state index is -0.516. The summed E-state index contributed by atoms with van der Waals surface area (Å²) in [6.07, 6.45) is 0. The van der Waals surface area contributed by atoms with Crippen molar-refractivity contribution in [1.29, 1.82) is 0 Å². The predicted molar refractivity (Wildman–Crippen MR) is 85.1 cm³/mol. The molecule has 1 N–H and O–H groups in total. The number of nitrogens with zero attached hydrogens (tertiary/aromatic N) is 1. The quantitative estimate of drug-likeness (QED) is 0.867. The van der Waals surface area contributed by atoms with Gasteiger partial charge >= 0.3 is 5.97 Å². The Labute approximate surface area is 135 Å². The van der Waals surface area contributed by atoms with Gasteiger partial charge in [0.1, 0.15) is 11.5 Å². The monoisotopic (exact) mass is 320 g/mol. The number of anilines is 1. The molecule has 0 atom stereocenters. The summed E-state index contributed by atoms with van der Waals surface area (Å²) in [6.45, 7) is 7.82. The van der Waals surface area contributed by atoms with E-state index in [1.54, 1.807) is 11.8 Å². The van der Waals surface area contributed by atoms with Crippen molar-refractivity contribution in [3.8, 4) is 0 Å². The van der Waals surface area contributed by atoms with Crippen molar-refractivity contribution in [2.75, 3.05) is 18.5 Å². The minimum Gasteiger partial charge on any atom is -0.463 e. The summed E-state index contributed by atoms with van der Waals surface area (Å²) >= 11 is 0. The van der Waals surface area contributed by atoms with Crippen LogP contribution < -0.4 is 5.32 Å². The predicted octanol–water partition coefficient (Wildman–Crippen LogP) is 2.70. The van der Waals surface area contributed by atoms with Crippen molar-refractivity contribution in [3.05, 3.63) is 41.4 Å². The molecule has 6 heteroatoms. The fourth-order valence-electron chi connectivity index (χ4n) is 2.31. The van der Waals surface area contributed by atoms with Crippen LogP contribution in [0.25, 0.3) is 0 Å². The standard InChI is InChI=1S/C17H21FN2O3/c1-5-23-16(22)13-10-20(17(2,3)4)15(21)14(13)19-12-8-6-11(18)7-9-12/h6-9,19H,5,10H2,1-4H3. The highest BCUT2D eigenvalue weighted by atomic mass is 19.1. The van der Waals surface area contributed by atoms with Gasteiger partial charge < -0.3 is 15.0 Å². The molecule has 0 saturated heterocycles. The van der Waals surface area contributed by atoms with E-state index < -0.39 is 11.5 Å². The number of rotatable bonds is 4. The van der Waals surface area contributed by atoms with Gasteiger partial charge in [-0.3, -0.25) is 4.79 Å². The zero-order valence-electron chi connectivity index (χ0n) is 13.8. The second-order valence-corrected chi connectivity index (χ2v) is 6.27. The molecular formula is C17H21FN2O3. The van der Waals surface area contributed by atoms with E-state index in [4.69, 9.17) is 4.74 Å². The lowest BCUT2D eigenvalue weighted by atomic mass is 10.1. The van der Waals surface area contributed by atoms with E-state index in [2.05, 4.69) is 5.32 Å². The van der Waals surface area contributed by atoms with Gasteiger partial charge in [-0.25, -0.2) is 9.18 Å². The summed E-state index contributed by atoms with van der Waals surface area (Å²) in [5.41, 5.74) is 0.578. The number of ether oxygens (including phenoxy) is 1. The number of hydrogen-bond donors (Lipinski definition) is 1. The number of carbonyl (C=O) groups is 2. The topological polar surface area (TPSA) is 58.6 Å². The fraction of sp³-hybridized carbons (Fsp3) is 0.412. The molecule has 0 spiro atoms. The zero-order chi connectivity index (χ0) is 17.2. The summed E-state index contributed by atoms with van der Waals surface area (Å²) in [5, 5.41) is 2.93. The highest BCUT2D eigenvalue weighted by Gasteiger charge is 2.40. The Hall–Kier alpha value is -2.37. The zero-order valence-corrected chi connectivity index (χ0v) is 13.8. The fourth-order valence-corrected chi connectivity index (χ4v) is 2.31. The van der Waals surface area contributed by atoms with Crippen molar-refractivity contribution >= 4 is 17.6 Å². The maximum Gasteiger partial charge on any atom is 0.338 e. The van der Waals surface area contributed by atoms with E-state index in [1.807, 2.05) is 20.8 Å². The summed E-state index contributed by atoms with van der Waals surface area (Å²) < 4.78 is 18.1. The number of benzene rings is 1. The molecule has 124 valence electrons. The molecule has 1 heterocycles. The van der Waals surface area contributed by atoms with Crippen LogP contribution in [0, 0.1) is 5.82 Å². The Balaban J connectivity index is 2.35. The number of halogens is 1. The maximum atomic E-state index is 13.0. The summed E-state index contributed by atoms with van der Waals surface area (Å²) in [7, 11) is 0. The first-order valence-electron chi connectivity index (χ1n) is 7.49. The lowest BCUT2D eigenvalue weighted by Gasteiger charge is -2.32. The molecular weight excluding hydrogens is 299 g/mol. The van der Waals surface area contributed by atoms with E-state index in [0.29, 0.717) is 5.69 Å². The number of hydrogen-bond acceptors (Lipinski definition) is 4. The van der Waals surface area contributed by atoms with Crippen molar-refractivity contribution in [2.45, 2.75) is 33.2 Å². The SMILES string of the molecule is CCOC(=O)C1=C(Nc2ccc(F)cc2)C(=O)N(C(C)(C)C)C1. The van der Waals surface area contributed by atoms with Crippen LogP contribution >= 0.6 is 0 Å². The number of nitrogens with one attached hydrogen (secondary N) is 1. The minimum absolute atomic E-state index is 0.185. The van der Waals surface area contributed by atoms with Crippen molar-refractivity contribution < 1.29 is 18.7 Å². The van der Waals surface area contributed by atoms with Crippen LogP contribution in [0.5, 0.6) is 0 Å². The Morgan fingerprint density at radius 2 is 1.91 bits per heavy atom. The molecule has 1 aromatic rings. The van der Waals surface area contributed by atoms with Gasteiger partial charge in [0, 0.05) is 11.2 Å². The number of carbonyl (C=O) groups excluding carboxylic acids is 2. The van der Waals surface area contributed by atoms with Gasteiger partial charge in [0.2, 0.25) is 0 Å². The first-order valence-corrected chi connectivity index (χ1v) is 7.49. The van der Waals surface area contributed by atoms with Gasteiger partial charge in [-0.05, 0) is 52.0 Å². The number of esters is 1. The molecule has 1 amide bonds. The molecule has 0 bridgehead atoms. The molecule has 1 aliphatic rings. The normalized spacial score (nSPS) is 15.2. The third-order valence-electron chi connectivity index (χ3n) is 3.52. The second-order valence-electron chi connectivity index (χ2n) is 6.27. The van der Waals surface area contributed by atoms with E-state index in [0.717, 1.165) is 0 Å². The van der Waals surface area contributed by atoms with Crippen LogP contribution in [0.2, 0.25) is 0 Å². The van der Waals surface area contributed by atoms with Gasteiger partial charge in [0.15, 0.2) is 0 Å². The summed E-state index contributed by atoms with van der Waals surface area (Å²) in [4.78, 5) is 26.4. The third kappa shape index (κ3) is 3.70. The molecule has 0 aromatic heterocycles. The molecule has 0 aliphatic carbocycles. The van der Waals surface area contributed by atoms with Crippen molar-refractivity contribution in [1.82, 2.24) is 4.90 Å². The molecule has 2 rings (SSSR count). The average molecular weight is 320 g/mol. The van der Waals surface area contributed by atoms with E-state index in [9.17, 15) is 14.0 Å². The molecule has 0 unspecified atom stereocenters. The van der Waals surface area contributed by atoms with E-state index >= 15 is 0 Å². The molecule has 1 aliphatic heterocycles. The first kappa shape index (κ1) is 17.0. The van der Waals surface area contributed by atoms with Gasteiger partial charge in [0.25, 0.3) is 5.91 Å². The Morgan fingerprint density at radius 3 is 2.43 bits per heavy atom. The summed E-state index contributed by atoms with van der Waals surface area (Å²) in [6, 6.07) is 5.60. The van der Waals surface area contributed by atoms with E-state index in [1.165, 1.54) is 24.3 Å². The molecule has 23 heavy (non-hydrogen) atoms. The Bertz CT molecular complexity index is 645. The van der Waals surface area contributed by atoms with Crippen LogP contribution in [0.3, 0.4) is 0 Å². The highest BCUT2D eigenvalue weighted by Crippen LogP contribution is 2.28. The van der Waals surface area contributed by atoms with Gasteiger partial charge in [-0.15, -0.1) is 0 Å². The largest absolute Gasteiger partial charge is 0.463 e. The molecule has 1 aromatic carbocycles. The Kier molecular flexibility index (Phi) is 4.73. The van der Waals surface area contributed by atoms with Gasteiger partial charge in [-0.2, -0.15) is 0 Å². The van der Waals surface area contributed by atoms with Crippen molar-refractivity contribution in [3.63, 3.8) is 0 Å². The van der Waals surface area contributed by atoms with Crippen LogP contribution in [0.1, 0.15) is 27.7 Å². The van der Waals surface area contributed by atoms with E-state index in [-0.39, 0.29) is 36.1 Å². The Morgan fingerprint density at radius 1 is 1.30 bits per heavy atom. The average Bonchev–Trinajstić information content (AvgIpc) is 2.79. The van der Waals surface area contributed by atoms with Crippen LogP contribution in [-0.4, -0.2) is 35.5 Å². The maximum absolute atomic E-state index is 13.0. The third-order valence-corrected chi connectivity index (χ3v) is 3.52. The van der Waals surface area contributed by atoms with Gasteiger partial charge in [0.05, 0.1) is 18.7 Å². The molecule has 5 nitrogen and oxygen atoms in total. The van der Waals surface area contributed by atoms with Crippen LogP contribution in [0.4, 0.5) is 10.1 Å². The molecule has 0 fully saturated rings. The molecule has 0 radical (unpaired) electrons. The lowest BCUT2D eigenvalue weighted by Crippen LogP contribution is -2.44. The smallest absolute Gasteiger partial charge is 0.338 e. The lowest BCUT2D eigenvalue weighted by molar-refractivity contribution is -0.138. The number of amides is 1. The highest BCUT2D eigenvalue weighted by molar-refractivity contribution is 6.08. The van der Waals surface area contributed by atoms with Crippen molar-refractivity contribution in [2.24, 2.45) is 0 Å².